The summed E-state index contributed by atoms with van der Waals surface area (Å²) in [4.78, 5) is 2.69. The third kappa shape index (κ3) is 3.39. The number of sulfone groups is 1. The van der Waals surface area contributed by atoms with E-state index in [1.807, 2.05) is 48.5 Å². The highest BCUT2D eigenvalue weighted by Gasteiger charge is 2.25. The van der Waals surface area contributed by atoms with Crippen molar-refractivity contribution < 1.29 is 8.42 Å². The Hall–Kier alpha value is -2.74. The number of benzene rings is 3. The molecule has 1 aromatic heterocycles. The summed E-state index contributed by atoms with van der Waals surface area (Å²) in [5, 5.41) is 12.9. The van der Waals surface area contributed by atoms with Gasteiger partial charge in [0.25, 0.3) is 0 Å². The molecule has 3 aromatic carbocycles. The third-order valence-electron chi connectivity index (χ3n) is 5.75. The Morgan fingerprint density at radius 1 is 1.07 bits per heavy atom. The second kappa shape index (κ2) is 7.50. The average Bonchev–Trinajstić information content (AvgIpc) is 3.17. The molecule has 0 aliphatic carbocycles. The van der Waals surface area contributed by atoms with Gasteiger partial charge < -0.3 is 5.32 Å². The van der Waals surface area contributed by atoms with Crippen LogP contribution in [0.3, 0.4) is 0 Å². The number of rotatable bonds is 4. The number of piperazine rings is 1. The van der Waals surface area contributed by atoms with Gasteiger partial charge >= 0.3 is 0 Å². The minimum atomic E-state index is -3.75. The van der Waals surface area contributed by atoms with Gasteiger partial charge in [0.05, 0.1) is 10.4 Å². The van der Waals surface area contributed by atoms with Gasteiger partial charge in [0.1, 0.15) is 0 Å². The molecule has 0 unspecified atom stereocenters. The van der Waals surface area contributed by atoms with Crippen LogP contribution >= 0.6 is 0 Å². The summed E-state index contributed by atoms with van der Waals surface area (Å²) < 4.78 is 27.2. The highest BCUT2D eigenvalue weighted by molar-refractivity contribution is 7.91. The molecule has 0 saturated carbocycles. The maximum absolute atomic E-state index is 13.6. The average molecular weight is 421 g/mol. The lowest BCUT2D eigenvalue weighted by molar-refractivity contribution is 0.200. The number of H-pyrrole nitrogens is 1. The zero-order chi connectivity index (χ0) is 20.7. The van der Waals surface area contributed by atoms with E-state index in [2.05, 4.69) is 27.3 Å². The predicted molar refractivity (Wildman–Crippen MR) is 118 cm³/mol. The van der Waals surface area contributed by atoms with E-state index in [1.165, 1.54) is 0 Å². The summed E-state index contributed by atoms with van der Waals surface area (Å²) in [6.07, 6.45) is 0. The molecule has 5 rings (SSSR count). The molecule has 2 N–H and O–H groups in total. The molecule has 0 amide bonds. The van der Waals surface area contributed by atoms with Crippen molar-refractivity contribution in [1.29, 1.82) is 0 Å². The number of nitrogens with zero attached hydrogens (tertiary/aromatic N) is 2. The first-order chi connectivity index (χ1) is 14.5. The molecular formula is C23H24N4O2S. The number of hydrogen-bond donors (Lipinski definition) is 2. The van der Waals surface area contributed by atoms with Crippen LogP contribution < -0.4 is 5.32 Å². The Morgan fingerprint density at radius 2 is 1.90 bits per heavy atom. The number of hydrogen-bond acceptors (Lipinski definition) is 5. The van der Waals surface area contributed by atoms with Gasteiger partial charge in [-0.25, -0.2) is 8.42 Å². The van der Waals surface area contributed by atoms with Crippen molar-refractivity contribution in [2.24, 2.45) is 0 Å². The van der Waals surface area contributed by atoms with Crippen LogP contribution in [0.15, 0.2) is 70.6 Å². The van der Waals surface area contributed by atoms with Crippen LogP contribution in [0.2, 0.25) is 0 Å². The number of aromatic amines is 1. The molecular weight excluding hydrogens is 396 g/mol. The van der Waals surface area contributed by atoms with E-state index in [4.69, 9.17) is 0 Å². The van der Waals surface area contributed by atoms with E-state index in [9.17, 15) is 8.42 Å². The molecule has 2 heterocycles. The first-order valence-corrected chi connectivity index (χ1v) is 11.7. The second-order valence-corrected chi connectivity index (χ2v) is 9.83. The van der Waals surface area contributed by atoms with E-state index in [0.29, 0.717) is 27.2 Å². The number of nitrogens with one attached hydrogen (secondary N) is 2. The van der Waals surface area contributed by atoms with Gasteiger partial charge in [0.15, 0.2) is 5.03 Å². The van der Waals surface area contributed by atoms with Gasteiger partial charge in [-0.05, 0) is 36.1 Å². The van der Waals surface area contributed by atoms with Crippen LogP contribution in [-0.2, 0) is 16.4 Å². The first kappa shape index (κ1) is 19.2. The van der Waals surface area contributed by atoms with Crippen molar-refractivity contribution in [3.63, 3.8) is 0 Å². The first-order valence-electron chi connectivity index (χ1n) is 10.2. The standard InChI is InChI=1S/C23H24N4O2S/c1-16-14-27(12-11-24-16)15-17-9-10-21-20(13-17)23(26-25-21)30(28,29)22-8-4-6-18-5-2-3-7-19(18)22/h2-10,13,16,24H,11-12,14-15H2,1H3,(H,25,26)/t16-/m1/s1. The second-order valence-electron chi connectivity index (χ2n) is 7.98. The van der Waals surface area contributed by atoms with Crippen molar-refractivity contribution in [3.05, 3.63) is 66.2 Å². The van der Waals surface area contributed by atoms with Crippen molar-refractivity contribution in [3.8, 4) is 0 Å². The highest BCUT2D eigenvalue weighted by atomic mass is 32.2. The zero-order valence-corrected chi connectivity index (χ0v) is 17.6. The minimum absolute atomic E-state index is 0.157. The summed E-state index contributed by atoms with van der Waals surface area (Å²) in [6.45, 7) is 5.90. The highest BCUT2D eigenvalue weighted by Crippen LogP contribution is 2.31. The molecule has 7 heteroatoms. The largest absolute Gasteiger partial charge is 0.312 e. The maximum atomic E-state index is 13.6. The van der Waals surface area contributed by atoms with Crippen LogP contribution in [-0.4, -0.2) is 49.2 Å². The van der Waals surface area contributed by atoms with Crippen LogP contribution in [0.4, 0.5) is 0 Å². The van der Waals surface area contributed by atoms with Gasteiger partial charge in [-0.3, -0.25) is 10.00 Å². The van der Waals surface area contributed by atoms with E-state index >= 15 is 0 Å². The summed E-state index contributed by atoms with van der Waals surface area (Å²) >= 11 is 0. The minimum Gasteiger partial charge on any atom is -0.312 e. The molecule has 1 aliphatic heterocycles. The van der Waals surface area contributed by atoms with Crippen molar-refractivity contribution in [2.45, 2.75) is 29.4 Å². The van der Waals surface area contributed by atoms with E-state index in [0.717, 1.165) is 37.1 Å². The van der Waals surface area contributed by atoms with Crippen molar-refractivity contribution >= 4 is 31.5 Å². The van der Waals surface area contributed by atoms with Crippen molar-refractivity contribution in [1.82, 2.24) is 20.4 Å². The number of fused-ring (bicyclic) bond motifs is 2. The van der Waals surface area contributed by atoms with Gasteiger partial charge in [-0.1, -0.05) is 42.5 Å². The summed E-state index contributed by atoms with van der Waals surface area (Å²) in [7, 11) is -3.75. The van der Waals surface area contributed by atoms with Gasteiger partial charge in [0, 0.05) is 43.0 Å². The van der Waals surface area contributed by atoms with Crippen LogP contribution in [0, 0.1) is 0 Å². The van der Waals surface area contributed by atoms with Crippen LogP contribution in [0.25, 0.3) is 21.7 Å². The van der Waals surface area contributed by atoms with Crippen LogP contribution in [0.1, 0.15) is 12.5 Å². The molecule has 154 valence electrons. The fourth-order valence-electron chi connectivity index (χ4n) is 4.29. The fourth-order valence-corrected chi connectivity index (χ4v) is 5.86. The lowest BCUT2D eigenvalue weighted by Gasteiger charge is -2.31. The van der Waals surface area contributed by atoms with E-state index in [-0.39, 0.29) is 5.03 Å². The Labute approximate surface area is 175 Å². The molecule has 1 saturated heterocycles. The third-order valence-corrected chi connectivity index (χ3v) is 7.53. The molecule has 6 nitrogen and oxygen atoms in total. The zero-order valence-electron chi connectivity index (χ0n) is 16.8. The Kier molecular flexibility index (Phi) is 4.81. The van der Waals surface area contributed by atoms with Gasteiger partial charge in [0.2, 0.25) is 9.84 Å². The molecule has 1 aliphatic rings. The quantitative estimate of drug-likeness (QED) is 0.529. The monoisotopic (exact) mass is 420 g/mol. The molecule has 1 fully saturated rings. The molecule has 0 bridgehead atoms. The topological polar surface area (TPSA) is 78.1 Å². The molecule has 0 radical (unpaired) electrons. The Bertz CT molecular complexity index is 1320. The van der Waals surface area contributed by atoms with E-state index in [1.54, 1.807) is 12.1 Å². The lowest BCUT2D eigenvalue weighted by Crippen LogP contribution is -2.48. The fraction of sp³-hybridized carbons (Fsp3) is 0.261. The molecule has 30 heavy (non-hydrogen) atoms. The normalized spacial score (nSPS) is 18.2. The summed E-state index contributed by atoms with van der Waals surface area (Å²) in [5.41, 5.74) is 1.75. The SMILES string of the molecule is C[C@@H]1CN(Cc2ccc3n[nH]c(S(=O)(=O)c4cccc5ccccc45)c3c2)CCN1. The summed E-state index contributed by atoms with van der Waals surface area (Å²) in [6, 6.07) is 19.3. The van der Waals surface area contributed by atoms with Crippen molar-refractivity contribution in [2.75, 3.05) is 19.6 Å². The molecule has 1 atom stereocenters. The van der Waals surface area contributed by atoms with Crippen LogP contribution in [0.5, 0.6) is 0 Å². The lowest BCUT2D eigenvalue weighted by atomic mass is 10.1. The molecule has 4 aromatic rings. The van der Waals surface area contributed by atoms with Gasteiger partial charge in [-0.2, -0.15) is 5.10 Å². The Morgan fingerprint density at radius 3 is 2.77 bits per heavy atom. The maximum Gasteiger partial charge on any atom is 0.224 e. The summed E-state index contributed by atoms with van der Waals surface area (Å²) in [5.74, 6) is 0. The smallest absolute Gasteiger partial charge is 0.224 e. The molecule has 0 spiro atoms. The Balaban J connectivity index is 1.57. The van der Waals surface area contributed by atoms with E-state index < -0.39 is 9.84 Å². The predicted octanol–water partition coefficient (Wildman–Crippen LogP) is 3.34. The van der Waals surface area contributed by atoms with Gasteiger partial charge in [-0.15, -0.1) is 0 Å². The number of aromatic nitrogens is 2.